The molecular weight excluding hydrogens is 508 g/mol. The zero-order chi connectivity index (χ0) is 27.1. The number of esters is 3. The minimum absolute atomic E-state index is 0.0652. The second kappa shape index (κ2) is 15.7. The summed E-state index contributed by atoms with van der Waals surface area (Å²) >= 11 is 6.18. The van der Waals surface area contributed by atoms with Crippen LogP contribution in [0.2, 0.25) is 0 Å². The first kappa shape index (κ1) is 30.9. The van der Waals surface area contributed by atoms with Gasteiger partial charge in [0.2, 0.25) is 15.8 Å². The molecule has 0 heterocycles. The van der Waals surface area contributed by atoms with Crippen LogP contribution in [-0.2, 0) is 33.3 Å². The van der Waals surface area contributed by atoms with E-state index in [4.69, 9.17) is 31.2 Å². The molecule has 1 amide bonds. The Morgan fingerprint density at radius 1 is 1.03 bits per heavy atom. The molecule has 0 aromatic heterocycles. The van der Waals surface area contributed by atoms with Crippen molar-refractivity contribution in [3.8, 4) is 6.07 Å². The lowest BCUT2D eigenvalue weighted by atomic mass is 9.91. The predicted molar refractivity (Wildman–Crippen MR) is 136 cm³/mol. The van der Waals surface area contributed by atoms with Crippen molar-refractivity contribution in [3.63, 3.8) is 0 Å². The molecule has 0 aliphatic carbocycles. The summed E-state index contributed by atoms with van der Waals surface area (Å²) in [7, 11) is 0. The van der Waals surface area contributed by atoms with Gasteiger partial charge in [0, 0.05) is 25.0 Å². The third-order valence-corrected chi connectivity index (χ3v) is 5.99. The SMILES string of the molecule is CCOC(=O)C(CC(CC(C#N)OC(=O)c1ccccc1)SC(=S)OCC)(NC(C)=O)C(=O)OCC. The van der Waals surface area contributed by atoms with E-state index >= 15 is 0 Å². The van der Waals surface area contributed by atoms with Gasteiger partial charge < -0.3 is 24.3 Å². The summed E-state index contributed by atoms with van der Waals surface area (Å²) < 4.78 is 21.0. The standard InChI is InChI=1S/C24H30N2O8S2/c1-5-31-21(29)24(26-16(4)27,22(30)32-6-2)14-19(36-23(35)33-7-3)13-18(15-25)34-20(28)17-11-9-8-10-12-17/h8-12,18-19H,5-7,13-14H2,1-4H3,(H,26,27). The lowest BCUT2D eigenvalue weighted by Crippen LogP contribution is -2.62. The van der Waals surface area contributed by atoms with Crippen LogP contribution in [-0.4, -0.2) is 64.9 Å². The lowest BCUT2D eigenvalue weighted by Gasteiger charge is -2.33. The van der Waals surface area contributed by atoms with Crippen molar-refractivity contribution < 1.29 is 38.1 Å². The quantitative estimate of drug-likeness (QED) is 0.171. The summed E-state index contributed by atoms with van der Waals surface area (Å²) in [5, 5.41) is 11.3. The minimum atomic E-state index is -2.22. The first-order valence-corrected chi connectivity index (χ1v) is 12.5. The number of nitrogens with one attached hydrogen (secondary N) is 1. The molecule has 1 aromatic carbocycles. The number of nitrogens with zero attached hydrogens (tertiary/aromatic N) is 1. The molecule has 0 aliphatic rings. The lowest BCUT2D eigenvalue weighted by molar-refractivity contribution is -0.168. The van der Waals surface area contributed by atoms with Gasteiger partial charge in [0.1, 0.15) is 6.07 Å². The van der Waals surface area contributed by atoms with E-state index in [1.165, 1.54) is 12.1 Å². The van der Waals surface area contributed by atoms with Gasteiger partial charge in [-0.3, -0.25) is 4.79 Å². The molecule has 0 saturated carbocycles. The Kier molecular flexibility index (Phi) is 13.5. The number of rotatable bonds is 13. The van der Waals surface area contributed by atoms with Gasteiger partial charge in [-0.2, -0.15) is 5.26 Å². The van der Waals surface area contributed by atoms with Crippen LogP contribution in [0, 0.1) is 11.3 Å². The van der Waals surface area contributed by atoms with Gasteiger partial charge >= 0.3 is 17.9 Å². The van der Waals surface area contributed by atoms with Gasteiger partial charge in [-0.1, -0.05) is 30.0 Å². The van der Waals surface area contributed by atoms with Crippen LogP contribution in [0.4, 0.5) is 0 Å². The van der Waals surface area contributed by atoms with Crippen molar-refractivity contribution in [3.05, 3.63) is 35.9 Å². The Bertz CT molecular complexity index is 947. The maximum absolute atomic E-state index is 13.0. The molecule has 10 nitrogen and oxygen atoms in total. The van der Waals surface area contributed by atoms with Crippen molar-refractivity contribution in [1.29, 1.82) is 5.26 Å². The van der Waals surface area contributed by atoms with Crippen molar-refractivity contribution >= 4 is 52.2 Å². The van der Waals surface area contributed by atoms with Crippen LogP contribution in [0.15, 0.2) is 30.3 Å². The molecule has 0 spiro atoms. The molecular formula is C24H30N2O8S2. The highest BCUT2D eigenvalue weighted by Crippen LogP contribution is 2.31. The summed E-state index contributed by atoms with van der Waals surface area (Å²) in [6.07, 6.45) is -1.78. The number of thioether (sulfide) groups is 1. The number of hydrogen-bond donors (Lipinski definition) is 1. The first-order valence-electron chi connectivity index (χ1n) is 11.3. The summed E-state index contributed by atoms with van der Waals surface area (Å²) in [5.74, 6) is -3.45. The molecule has 0 bridgehead atoms. The van der Waals surface area contributed by atoms with Crippen molar-refractivity contribution in [2.75, 3.05) is 19.8 Å². The second-order valence-corrected chi connectivity index (χ2v) is 9.18. The van der Waals surface area contributed by atoms with Gasteiger partial charge in [0.15, 0.2) is 6.10 Å². The Hall–Kier alpha value is -3.17. The molecule has 12 heteroatoms. The number of hydrogen-bond acceptors (Lipinski definition) is 11. The first-order chi connectivity index (χ1) is 17.1. The van der Waals surface area contributed by atoms with Crippen LogP contribution < -0.4 is 5.32 Å². The van der Waals surface area contributed by atoms with Gasteiger partial charge in [0.05, 0.1) is 25.4 Å². The molecule has 1 N–H and O–H groups in total. The van der Waals surface area contributed by atoms with E-state index in [1.807, 2.05) is 6.07 Å². The monoisotopic (exact) mass is 538 g/mol. The Balaban J connectivity index is 3.36. The maximum Gasteiger partial charge on any atom is 0.343 e. The van der Waals surface area contributed by atoms with Crippen LogP contribution in [0.3, 0.4) is 0 Å². The number of thiocarbonyl (C=S) groups is 1. The maximum atomic E-state index is 13.0. The molecule has 1 rings (SSSR count). The third kappa shape index (κ3) is 9.47. The molecule has 0 fully saturated rings. The van der Waals surface area contributed by atoms with Crippen LogP contribution >= 0.6 is 24.0 Å². The van der Waals surface area contributed by atoms with Gasteiger partial charge in [-0.25, -0.2) is 14.4 Å². The molecule has 1 aromatic rings. The fraction of sp³-hybridized carbons (Fsp3) is 0.500. The van der Waals surface area contributed by atoms with E-state index in [-0.39, 0.29) is 42.6 Å². The number of nitriles is 1. The predicted octanol–water partition coefficient (Wildman–Crippen LogP) is 2.94. The van der Waals surface area contributed by atoms with Crippen molar-refractivity contribution in [1.82, 2.24) is 5.32 Å². The number of amides is 1. The van der Waals surface area contributed by atoms with E-state index in [0.29, 0.717) is 0 Å². The Morgan fingerprint density at radius 3 is 2.06 bits per heavy atom. The van der Waals surface area contributed by atoms with E-state index in [9.17, 15) is 24.4 Å². The van der Waals surface area contributed by atoms with Crippen LogP contribution in [0.5, 0.6) is 0 Å². The van der Waals surface area contributed by atoms with Gasteiger partial charge in [-0.15, -0.1) is 0 Å². The average molecular weight is 539 g/mol. The average Bonchev–Trinajstić information content (AvgIpc) is 2.83. The Morgan fingerprint density at radius 2 is 1.58 bits per heavy atom. The highest BCUT2D eigenvalue weighted by Gasteiger charge is 2.52. The fourth-order valence-corrected chi connectivity index (χ4v) is 4.74. The van der Waals surface area contributed by atoms with Crippen LogP contribution in [0.25, 0.3) is 0 Å². The minimum Gasteiger partial charge on any atom is -0.479 e. The van der Waals surface area contributed by atoms with Crippen molar-refractivity contribution in [2.45, 2.75) is 57.4 Å². The van der Waals surface area contributed by atoms with E-state index in [0.717, 1.165) is 18.7 Å². The van der Waals surface area contributed by atoms with Gasteiger partial charge in [0.25, 0.3) is 0 Å². The fourth-order valence-electron chi connectivity index (χ4n) is 3.15. The van der Waals surface area contributed by atoms with E-state index in [1.54, 1.807) is 39.0 Å². The third-order valence-electron chi connectivity index (χ3n) is 4.58. The topological polar surface area (TPSA) is 141 Å². The van der Waals surface area contributed by atoms with Crippen molar-refractivity contribution in [2.24, 2.45) is 0 Å². The largest absolute Gasteiger partial charge is 0.479 e. The molecule has 0 saturated heterocycles. The summed E-state index contributed by atoms with van der Waals surface area (Å²) in [5.41, 5.74) is -1.97. The smallest absolute Gasteiger partial charge is 0.343 e. The Labute approximate surface area is 220 Å². The highest BCUT2D eigenvalue weighted by molar-refractivity contribution is 8.23. The van der Waals surface area contributed by atoms with E-state index in [2.05, 4.69) is 5.32 Å². The molecule has 2 unspecified atom stereocenters. The zero-order valence-corrected chi connectivity index (χ0v) is 22.2. The second-order valence-electron chi connectivity index (χ2n) is 7.28. The normalized spacial score (nSPS) is 12.3. The molecule has 36 heavy (non-hydrogen) atoms. The number of carbonyl (C=O) groups excluding carboxylic acids is 4. The summed E-state index contributed by atoms with van der Waals surface area (Å²) in [4.78, 5) is 50.6. The van der Waals surface area contributed by atoms with E-state index < -0.39 is 40.7 Å². The summed E-state index contributed by atoms with van der Waals surface area (Å²) in [6, 6.07) is 10.0. The van der Waals surface area contributed by atoms with Gasteiger partial charge in [-0.05, 0) is 45.1 Å². The highest BCUT2D eigenvalue weighted by atomic mass is 32.2. The number of carbonyl (C=O) groups is 4. The molecule has 0 radical (unpaired) electrons. The molecule has 2 atom stereocenters. The number of ether oxygens (including phenoxy) is 4. The van der Waals surface area contributed by atoms with Crippen LogP contribution in [0.1, 0.15) is 50.9 Å². The molecule has 0 aliphatic heterocycles. The zero-order valence-electron chi connectivity index (χ0n) is 20.6. The molecule has 196 valence electrons. The summed E-state index contributed by atoms with van der Waals surface area (Å²) in [6.45, 7) is 6.09. The number of benzene rings is 1.